The summed E-state index contributed by atoms with van der Waals surface area (Å²) in [4.78, 5) is 0. The molecule has 0 heterocycles. The lowest BCUT2D eigenvalue weighted by atomic mass is 9.62. The highest BCUT2D eigenvalue weighted by molar-refractivity contribution is 5.68. The zero-order chi connectivity index (χ0) is 41.8. The summed E-state index contributed by atoms with van der Waals surface area (Å²) >= 11 is 0. The lowest BCUT2D eigenvalue weighted by Gasteiger charge is -2.46. The van der Waals surface area contributed by atoms with Gasteiger partial charge in [-0.15, -0.1) is 0 Å². The van der Waals surface area contributed by atoms with E-state index in [2.05, 4.69) is 26.8 Å². The predicted octanol–water partition coefficient (Wildman–Crippen LogP) is 9.74. The summed E-state index contributed by atoms with van der Waals surface area (Å²) in [6, 6.07) is 12.7. The second-order valence-corrected chi connectivity index (χ2v) is 19.2. The van der Waals surface area contributed by atoms with Crippen LogP contribution in [0.2, 0.25) is 0 Å². The lowest BCUT2D eigenvalue weighted by Crippen LogP contribution is -2.44. The minimum absolute atomic E-state index is 0.0156. The molecule has 0 spiro atoms. The number of fused-ring (bicyclic) bond motifs is 3. The Hall–Kier alpha value is -3.57. The number of benzene rings is 3. The molecule has 58 heavy (non-hydrogen) atoms. The molecular weight excluding hydrogens is 746 g/mol. The van der Waals surface area contributed by atoms with Crippen LogP contribution in [0.1, 0.15) is 133 Å². The Balaban J connectivity index is 0.000000132. The first kappa shape index (κ1) is 42.6. The zero-order valence-corrected chi connectivity index (χ0v) is 34.0. The number of phenolic OH excluding ortho intramolecular Hbond substituents is 3. The smallest absolute Gasteiger partial charge is 0.134 e. The Morgan fingerprint density at radius 1 is 0.569 bits per heavy atom. The average molecular weight is 807 g/mol. The molecule has 0 amide bonds. The van der Waals surface area contributed by atoms with E-state index in [1.54, 1.807) is 18.2 Å². The van der Waals surface area contributed by atoms with E-state index in [0.717, 1.165) is 93.9 Å². The monoisotopic (exact) mass is 806 g/mol. The summed E-state index contributed by atoms with van der Waals surface area (Å²) < 4.78 is 41.9. The molecule has 0 aliphatic heterocycles. The maximum absolute atomic E-state index is 14.0. The van der Waals surface area contributed by atoms with Gasteiger partial charge < -0.3 is 35.7 Å². The fourth-order valence-electron chi connectivity index (χ4n) is 11.8. The normalized spacial score (nSPS) is 37.6. The minimum atomic E-state index is -1.19. The second kappa shape index (κ2) is 16.1. The molecule has 0 radical (unpaired) electrons. The molecule has 7 N–H and O–H groups in total. The van der Waals surface area contributed by atoms with Crippen molar-refractivity contribution < 1.29 is 48.9 Å². The van der Waals surface area contributed by atoms with Gasteiger partial charge in [-0.3, -0.25) is 0 Å². The van der Waals surface area contributed by atoms with Gasteiger partial charge in [-0.05, 0) is 166 Å². The first-order chi connectivity index (χ1) is 27.4. The standard InChI is InChI=1S/C16H21FO3.C16H21FO2.C16H19FO2/c1-15-6-7-16(20,9-10(15)2-5-14(15)19)12-4-3-11(18)8-13(12)17;2*1-16-7-6-10(8-11(16)2-5-15(16)19)13-4-3-12(18)9-14(13)17/h3-4,8,10,14,18-20H,2,5-7,9H2,1H3;3-4,9-11,15,18-19H,2,5-8H2,1H3;3-4,8-9,11,15,18-19H,2,5-7H2,1H3/t10-,14+,15+,16-;10-,11+,15-,16-;11-,15+,16+/m101/s1. The molecule has 6 aliphatic carbocycles. The van der Waals surface area contributed by atoms with Crippen molar-refractivity contribution in [2.24, 2.45) is 34.0 Å². The predicted molar refractivity (Wildman–Crippen MR) is 216 cm³/mol. The molecule has 0 saturated heterocycles. The number of rotatable bonds is 3. The molecule has 5 fully saturated rings. The molecule has 5 saturated carbocycles. The number of halogens is 3. The van der Waals surface area contributed by atoms with Gasteiger partial charge in [0.2, 0.25) is 0 Å². The number of aliphatic hydroxyl groups excluding tert-OH is 3. The minimum Gasteiger partial charge on any atom is -0.508 e. The lowest BCUT2D eigenvalue weighted by molar-refractivity contribution is -0.0870. The Labute approximate surface area is 340 Å². The summed E-state index contributed by atoms with van der Waals surface area (Å²) in [7, 11) is 0. The topological polar surface area (TPSA) is 142 Å². The number of hydrogen-bond acceptors (Lipinski definition) is 7. The molecule has 0 aromatic heterocycles. The third-order valence-electron chi connectivity index (χ3n) is 16.1. The van der Waals surface area contributed by atoms with Crippen LogP contribution >= 0.6 is 0 Å². The molecule has 10 heteroatoms. The fourth-order valence-corrected chi connectivity index (χ4v) is 11.8. The molecule has 316 valence electrons. The van der Waals surface area contributed by atoms with Gasteiger partial charge in [0.05, 0.1) is 23.9 Å². The van der Waals surface area contributed by atoms with Crippen molar-refractivity contribution in [1.82, 2.24) is 0 Å². The largest absolute Gasteiger partial charge is 0.508 e. The van der Waals surface area contributed by atoms with Gasteiger partial charge in [-0.25, -0.2) is 13.2 Å². The van der Waals surface area contributed by atoms with Crippen LogP contribution in [0.4, 0.5) is 13.2 Å². The van der Waals surface area contributed by atoms with Crippen LogP contribution in [0.25, 0.3) is 5.57 Å². The first-order valence-electron chi connectivity index (χ1n) is 21.3. The highest BCUT2D eigenvalue weighted by Crippen LogP contribution is 2.58. The Morgan fingerprint density at radius 3 is 1.79 bits per heavy atom. The summed E-state index contributed by atoms with van der Waals surface area (Å²) in [6.45, 7) is 6.39. The highest BCUT2D eigenvalue weighted by Gasteiger charge is 2.54. The van der Waals surface area contributed by atoms with Gasteiger partial charge in [0.15, 0.2) is 0 Å². The van der Waals surface area contributed by atoms with Crippen LogP contribution in [0.15, 0.2) is 60.7 Å². The summed E-state index contributed by atoms with van der Waals surface area (Å²) in [5, 5.41) is 69.1. The number of aromatic hydroxyl groups is 3. The highest BCUT2D eigenvalue weighted by atomic mass is 19.1. The quantitative estimate of drug-likeness (QED) is 0.140. The van der Waals surface area contributed by atoms with E-state index < -0.39 is 11.4 Å². The molecule has 11 atom stereocenters. The second-order valence-electron chi connectivity index (χ2n) is 19.2. The van der Waals surface area contributed by atoms with Crippen molar-refractivity contribution in [2.75, 3.05) is 0 Å². The van der Waals surface area contributed by atoms with Crippen molar-refractivity contribution in [1.29, 1.82) is 0 Å². The van der Waals surface area contributed by atoms with Crippen LogP contribution in [-0.4, -0.2) is 54.1 Å². The third kappa shape index (κ3) is 7.91. The van der Waals surface area contributed by atoms with Crippen molar-refractivity contribution in [3.05, 3.63) is 94.8 Å². The van der Waals surface area contributed by atoms with Crippen molar-refractivity contribution in [2.45, 2.75) is 140 Å². The van der Waals surface area contributed by atoms with E-state index in [4.69, 9.17) is 0 Å². The van der Waals surface area contributed by atoms with E-state index >= 15 is 0 Å². The molecule has 6 aliphatic rings. The van der Waals surface area contributed by atoms with Crippen LogP contribution < -0.4 is 0 Å². The van der Waals surface area contributed by atoms with Crippen molar-refractivity contribution >= 4 is 5.57 Å². The number of hydrogen-bond donors (Lipinski definition) is 7. The summed E-state index contributed by atoms with van der Waals surface area (Å²) in [5.41, 5.74) is 1.22. The van der Waals surface area contributed by atoms with Crippen molar-refractivity contribution in [3.8, 4) is 17.2 Å². The molecule has 0 unspecified atom stereocenters. The molecule has 3 aromatic rings. The SMILES string of the molecule is C[C@]12CCC(c3ccc(O)cc3F)=C[C@H]1CC[C@@H]2O.C[C@]12CC[C@H](c3ccc(O)cc3F)C[C@H]1CC[C@@H]2O.C[C@]12CC[C@](O)(c3ccc(O)cc3F)C[C@H]1CC[C@@H]2O. The Morgan fingerprint density at radius 2 is 1.14 bits per heavy atom. The van der Waals surface area contributed by atoms with Crippen LogP contribution in [-0.2, 0) is 5.60 Å². The van der Waals surface area contributed by atoms with Gasteiger partial charge >= 0.3 is 0 Å². The molecular formula is C48H61F3O7. The van der Waals surface area contributed by atoms with Gasteiger partial charge in [0, 0.05) is 34.7 Å². The van der Waals surface area contributed by atoms with E-state index in [0.29, 0.717) is 36.7 Å². The summed E-state index contributed by atoms with van der Waals surface area (Å²) in [5.74, 6) is -0.152. The Bertz CT molecular complexity index is 2010. The van der Waals surface area contributed by atoms with Gasteiger partial charge in [0.1, 0.15) is 34.7 Å². The van der Waals surface area contributed by atoms with Crippen LogP contribution in [0.5, 0.6) is 17.2 Å². The van der Waals surface area contributed by atoms with E-state index in [1.165, 1.54) is 24.3 Å². The number of phenols is 3. The van der Waals surface area contributed by atoms with Crippen LogP contribution in [0.3, 0.4) is 0 Å². The third-order valence-corrected chi connectivity index (χ3v) is 16.1. The van der Waals surface area contributed by atoms with E-state index in [1.807, 2.05) is 0 Å². The van der Waals surface area contributed by atoms with Crippen molar-refractivity contribution in [3.63, 3.8) is 0 Å². The van der Waals surface area contributed by atoms with Crippen LogP contribution in [0, 0.1) is 51.5 Å². The van der Waals surface area contributed by atoms with Gasteiger partial charge in [-0.1, -0.05) is 32.9 Å². The fraction of sp³-hybridized carbons (Fsp3) is 0.583. The molecule has 3 aromatic carbocycles. The van der Waals surface area contributed by atoms with Gasteiger partial charge in [-0.2, -0.15) is 0 Å². The molecule has 7 nitrogen and oxygen atoms in total. The zero-order valence-electron chi connectivity index (χ0n) is 34.0. The Kier molecular flexibility index (Phi) is 11.8. The maximum Gasteiger partial charge on any atom is 0.134 e. The average Bonchev–Trinajstić information content (AvgIpc) is 3.76. The maximum atomic E-state index is 14.0. The van der Waals surface area contributed by atoms with Gasteiger partial charge in [0.25, 0.3) is 0 Å². The summed E-state index contributed by atoms with van der Waals surface area (Å²) in [6.07, 6.45) is 12.9. The molecule has 9 rings (SSSR count). The van der Waals surface area contributed by atoms with E-state index in [-0.39, 0.29) is 80.8 Å². The number of allylic oxidation sites excluding steroid dienone is 2. The first-order valence-corrected chi connectivity index (χ1v) is 21.3. The van der Waals surface area contributed by atoms with E-state index in [9.17, 15) is 48.9 Å². The molecule has 0 bridgehead atoms. The number of aliphatic hydroxyl groups is 4.